The summed E-state index contributed by atoms with van der Waals surface area (Å²) in [6.07, 6.45) is 3.84. The van der Waals surface area contributed by atoms with Crippen molar-refractivity contribution in [3.05, 3.63) is 0 Å². The summed E-state index contributed by atoms with van der Waals surface area (Å²) in [6.45, 7) is 12.9. The largest absolute Gasteiger partial charge is 0.392 e. The van der Waals surface area contributed by atoms with Gasteiger partial charge in [0, 0.05) is 5.92 Å². The van der Waals surface area contributed by atoms with Gasteiger partial charge in [-0.3, -0.25) is 0 Å². The molecule has 0 amide bonds. The van der Waals surface area contributed by atoms with Crippen LogP contribution in [0.4, 0.5) is 0 Å². The zero-order valence-electron chi connectivity index (χ0n) is 13.0. The zero-order chi connectivity index (χ0) is 14.3. The number of hydrogen-bond donors (Lipinski definition) is 1. The first-order valence-electron chi connectivity index (χ1n) is 7.41. The van der Waals surface area contributed by atoms with Gasteiger partial charge < -0.3 is 9.90 Å². The van der Waals surface area contributed by atoms with Crippen molar-refractivity contribution in [2.75, 3.05) is 0 Å². The Morgan fingerprint density at radius 3 is 1.83 bits per heavy atom. The van der Waals surface area contributed by atoms with Gasteiger partial charge in [0.25, 0.3) is 0 Å². The number of aliphatic hydroxyl groups is 1. The monoisotopic (exact) mass is 256 g/mol. The lowest BCUT2D eigenvalue weighted by Gasteiger charge is -2.26. The molecular weight excluding hydrogens is 224 g/mol. The third-order valence-corrected chi connectivity index (χ3v) is 3.79. The van der Waals surface area contributed by atoms with Crippen LogP contribution in [0.1, 0.15) is 60.8 Å². The highest BCUT2D eigenvalue weighted by atomic mass is 16.3. The van der Waals surface area contributed by atoms with E-state index in [1.165, 1.54) is 12.8 Å². The Morgan fingerprint density at radius 2 is 1.39 bits per heavy atom. The summed E-state index contributed by atoms with van der Waals surface area (Å²) in [7, 11) is 0. The number of aldehydes is 1. The Labute approximate surface area is 113 Å². The van der Waals surface area contributed by atoms with Crippen LogP contribution < -0.4 is 0 Å². The molecule has 5 atom stereocenters. The smallest absolute Gasteiger partial charge is 0.125 e. The van der Waals surface area contributed by atoms with E-state index in [9.17, 15) is 9.90 Å². The standard InChI is InChI=1S/C16H32O2/c1-11(2)7-12(3)8-13(4)9-14(5)16(18)15(6)10-17/h10-16,18H,7-9H2,1-6H3/t12-,13-,14-,15-,16+/m0/s1. The van der Waals surface area contributed by atoms with E-state index in [1.54, 1.807) is 6.92 Å². The highest BCUT2D eigenvalue weighted by Gasteiger charge is 2.23. The predicted octanol–water partition coefficient (Wildman–Crippen LogP) is 3.92. The van der Waals surface area contributed by atoms with Crippen LogP contribution in [0.3, 0.4) is 0 Å². The first-order chi connectivity index (χ1) is 8.27. The van der Waals surface area contributed by atoms with Gasteiger partial charge in [0.05, 0.1) is 6.10 Å². The van der Waals surface area contributed by atoms with Gasteiger partial charge in [-0.25, -0.2) is 0 Å². The molecule has 0 aromatic rings. The van der Waals surface area contributed by atoms with Crippen molar-refractivity contribution >= 4 is 6.29 Å². The van der Waals surface area contributed by atoms with E-state index >= 15 is 0 Å². The molecule has 2 heteroatoms. The minimum atomic E-state index is -0.495. The molecule has 18 heavy (non-hydrogen) atoms. The zero-order valence-corrected chi connectivity index (χ0v) is 13.0. The first-order valence-corrected chi connectivity index (χ1v) is 7.41. The molecule has 0 heterocycles. The van der Waals surface area contributed by atoms with Crippen LogP contribution in [0, 0.1) is 29.6 Å². The lowest BCUT2D eigenvalue weighted by Crippen LogP contribution is -2.28. The van der Waals surface area contributed by atoms with Crippen LogP contribution in [0.15, 0.2) is 0 Å². The first kappa shape index (κ1) is 17.6. The number of carbonyl (C=O) groups excluding carboxylic acids is 1. The summed E-state index contributed by atoms with van der Waals surface area (Å²) < 4.78 is 0. The summed E-state index contributed by atoms with van der Waals surface area (Å²) in [6, 6.07) is 0. The van der Waals surface area contributed by atoms with Crippen LogP contribution >= 0.6 is 0 Å². The third kappa shape index (κ3) is 7.15. The van der Waals surface area contributed by atoms with Crippen molar-refractivity contribution in [1.82, 2.24) is 0 Å². The van der Waals surface area contributed by atoms with Gasteiger partial charge in [-0.15, -0.1) is 0 Å². The summed E-state index contributed by atoms with van der Waals surface area (Å²) in [4.78, 5) is 10.7. The maximum absolute atomic E-state index is 10.7. The average Bonchev–Trinajstić information content (AvgIpc) is 2.25. The van der Waals surface area contributed by atoms with E-state index in [0.29, 0.717) is 5.92 Å². The number of hydrogen-bond acceptors (Lipinski definition) is 2. The van der Waals surface area contributed by atoms with Gasteiger partial charge in [-0.1, -0.05) is 41.5 Å². The van der Waals surface area contributed by atoms with E-state index in [4.69, 9.17) is 0 Å². The normalized spacial score (nSPS) is 20.2. The van der Waals surface area contributed by atoms with Gasteiger partial charge in [-0.2, -0.15) is 0 Å². The molecule has 0 aliphatic rings. The molecule has 0 radical (unpaired) electrons. The molecule has 0 fully saturated rings. The molecule has 0 rings (SSSR count). The Kier molecular flexibility index (Phi) is 8.51. The van der Waals surface area contributed by atoms with Crippen molar-refractivity contribution in [2.45, 2.75) is 66.9 Å². The molecule has 0 aliphatic carbocycles. The molecule has 2 nitrogen and oxygen atoms in total. The molecule has 108 valence electrons. The van der Waals surface area contributed by atoms with Crippen LogP contribution in [0.2, 0.25) is 0 Å². The van der Waals surface area contributed by atoms with Crippen molar-refractivity contribution in [2.24, 2.45) is 29.6 Å². The van der Waals surface area contributed by atoms with Crippen molar-refractivity contribution in [3.63, 3.8) is 0 Å². The Morgan fingerprint density at radius 1 is 0.889 bits per heavy atom. The molecule has 0 saturated heterocycles. The molecule has 0 bridgehead atoms. The fraction of sp³-hybridized carbons (Fsp3) is 0.938. The van der Waals surface area contributed by atoms with Gasteiger partial charge in [0.2, 0.25) is 0 Å². The Balaban J connectivity index is 4.06. The maximum atomic E-state index is 10.7. The topological polar surface area (TPSA) is 37.3 Å². The fourth-order valence-corrected chi connectivity index (χ4v) is 3.06. The minimum absolute atomic E-state index is 0.200. The van der Waals surface area contributed by atoms with Crippen LogP contribution in [-0.4, -0.2) is 17.5 Å². The Hall–Kier alpha value is -0.370. The van der Waals surface area contributed by atoms with E-state index < -0.39 is 6.10 Å². The molecule has 0 spiro atoms. The van der Waals surface area contributed by atoms with Gasteiger partial charge in [0.15, 0.2) is 0 Å². The summed E-state index contributed by atoms with van der Waals surface area (Å²) in [5.41, 5.74) is 0. The lowest BCUT2D eigenvalue weighted by molar-refractivity contribution is -0.114. The minimum Gasteiger partial charge on any atom is -0.392 e. The number of carbonyl (C=O) groups is 1. The predicted molar refractivity (Wildman–Crippen MR) is 77.4 cm³/mol. The third-order valence-electron chi connectivity index (χ3n) is 3.79. The van der Waals surface area contributed by atoms with E-state index in [1.807, 2.05) is 6.92 Å². The van der Waals surface area contributed by atoms with Crippen LogP contribution in [-0.2, 0) is 4.79 Å². The summed E-state index contributed by atoms with van der Waals surface area (Å²) >= 11 is 0. The summed E-state index contributed by atoms with van der Waals surface area (Å²) in [5.74, 6) is 2.06. The number of rotatable bonds is 9. The van der Waals surface area contributed by atoms with Gasteiger partial charge >= 0.3 is 0 Å². The van der Waals surface area contributed by atoms with Gasteiger partial charge in [0.1, 0.15) is 6.29 Å². The van der Waals surface area contributed by atoms with Crippen molar-refractivity contribution in [1.29, 1.82) is 0 Å². The van der Waals surface area contributed by atoms with E-state index in [2.05, 4.69) is 27.7 Å². The molecule has 1 N–H and O–H groups in total. The van der Waals surface area contributed by atoms with Crippen molar-refractivity contribution in [3.8, 4) is 0 Å². The van der Waals surface area contributed by atoms with Crippen LogP contribution in [0.25, 0.3) is 0 Å². The average molecular weight is 256 g/mol. The molecule has 0 aliphatic heterocycles. The second-order valence-corrected chi connectivity index (χ2v) is 6.77. The molecular formula is C16H32O2. The summed E-state index contributed by atoms with van der Waals surface area (Å²) in [5, 5.41) is 9.98. The maximum Gasteiger partial charge on any atom is 0.125 e. The molecule has 0 aromatic heterocycles. The fourth-order valence-electron chi connectivity index (χ4n) is 3.06. The highest BCUT2D eigenvalue weighted by Crippen LogP contribution is 2.26. The number of aliphatic hydroxyl groups excluding tert-OH is 1. The molecule has 0 saturated carbocycles. The van der Waals surface area contributed by atoms with Crippen molar-refractivity contribution < 1.29 is 9.90 Å². The van der Waals surface area contributed by atoms with Gasteiger partial charge in [-0.05, 0) is 42.9 Å². The van der Waals surface area contributed by atoms with Crippen LogP contribution in [0.5, 0.6) is 0 Å². The molecule has 0 aromatic carbocycles. The SMILES string of the molecule is CC(C)C[C@H](C)C[C@H](C)C[C@H](C)[C@@H](O)[C@@H](C)C=O. The van der Waals surface area contributed by atoms with E-state index in [-0.39, 0.29) is 11.8 Å². The van der Waals surface area contributed by atoms with E-state index in [0.717, 1.165) is 24.5 Å². The Bertz CT molecular complexity index is 225. The lowest BCUT2D eigenvalue weighted by atomic mass is 9.82. The second-order valence-electron chi connectivity index (χ2n) is 6.77. The highest BCUT2D eigenvalue weighted by molar-refractivity contribution is 5.53. The quantitative estimate of drug-likeness (QED) is 0.635. The second kappa shape index (κ2) is 8.68. The molecule has 0 unspecified atom stereocenters.